The van der Waals surface area contributed by atoms with Gasteiger partial charge < -0.3 is 4.90 Å². The van der Waals surface area contributed by atoms with Crippen molar-refractivity contribution in [3.05, 3.63) is 72.2 Å². The first kappa shape index (κ1) is 20.2. The number of benzene rings is 2. The predicted molar refractivity (Wildman–Crippen MR) is 123 cm³/mol. The minimum Gasteiger partial charge on any atom is -0.367 e. The summed E-state index contributed by atoms with van der Waals surface area (Å²) < 4.78 is 14.1. The maximum atomic E-state index is 14.1. The van der Waals surface area contributed by atoms with Crippen LogP contribution in [-0.2, 0) is 6.54 Å². The van der Waals surface area contributed by atoms with Crippen molar-refractivity contribution in [3.8, 4) is 11.3 Å². The molecular weight excluding hydrogens is 389 g/mol. The summed E-state index contributed by atoms with van der Waals surface area (Å²) in [6, 6.07) is 18.1. The Labute approximate surface area is 183 Å². The van der Waals surface area contributed by atoms with Gasteiger partial charge in [0.25, 0.3) is 0 Å². The molecule has 2 aliphatic heterocycles. The lowest BCUT2D eigenvalue weighted by atomic mass is 10.0. The number of halogens is 1. The highest BCUT2D eigenvalue weighted by Gasteiger charge is 2.29. The molecule has 0 unspecified atom stereocenters. The summed E-state index contributed by atoms with van der Waals surface area (Å²) in [6.45, 7) is 6.90. The van der Waals surface area contributed by atoms with Crippen LogP contribution in [0.3, 0.4) is 0 Å². The molecule has 3 heterocycles. The fraction of sp³-hybridized carbons (Fsp3) is 0.400. The molecule has 0 aliphatic carbocycles. The van der Waals surface area contributed by atoms with E-state index in [9.17, 15) is 4.39 Å². The lowest BCUT2D eigenvalue weighted by molar-refractivity contribution is 0.0887. The number of para-hydroxylation sites is 1. The molecule has 0 bridgehead atoms. The van der Waals surface area contributed by atoms with Crippen molar-refractivity contribution in [2.75, 3.05) is 44.2 Å². The van der Waals surface area contributed by atoms with E-state index in [2.05, 4.69) is 49.2 Å². The van der Waals surface area contributed by atoms with Gasteiger partial charge in [0.1, 0.15) is 5.82 Å². The fourth-order valence-corrected chi connectivity index (χ4v) is 5.04. The Morgan fingerprint density at radius 3 is 2.52 bits per heavy atom. The number of rotatable bonds is 5. The summed E-state index contributed by atoms with van der Waals surface area (Å²) in [6.07, 6.45) is 4.43. The van der Waals surface area contributed by atoms with Gasteiger partial charge in [-0.2, -0.15) is 5.10 Å². The number of nitrogens with one attached hydrogen (secondary N) is 1. The molecule has 2 aromatic carbocycles. The molecule has 1 aromatic heterocycles. The van der Waals surface area contributed by atoms with Gasteiger partial charge in [-0.15, -0.1) is 0 Å². The Balaban J connectivity index is 1.19. The minimum absolute atomic E-state index is 0.117. The van der Waals surface area contributed by atoms with Gasteiger partial charge in [0.2, 0.25) is 0 Å². The fourth-order valence-electron chi connectivity index (χ4n) is 5.04. The van der Waals surface area contributed by atoms with Gasteiger partial charge in [0.15, 0.2) is 0 Å². The summed E-state index contributed by atoms with van der Waals surface area (Å²) in [7, 11) is 0. The van der Waals surface area contributed by atoms with E-state index in [4.69, 9.17) is 0 Å². The van der Waals surface area contributed by atoms with Crippen LogP contribution in [0.25, 0.3) is 11.3 Å². The molecule has 0 amide bonds. The van der Waals surface area contributed by atoms with E-state index in [1.165, 1.54) is 24.0 Å². The molecule has 2 fully saturated rings. The van der Waals surface area contributed by atoms with E-state index in [0.717, 1.165) is 57.2 Å². The van der Waals surface area contributed by atoms with Crippen LogP contribution in [0.2, 0.25) is 0 Å². The zero-order valence-corrected chi connectivity index (χ0v) is 17.9. The Morgan fingerprint density at radius 2 is 1.71 bits per heavy atom. The van der Waals surface area contributed by atoms with E-state index in [-0.39, 0.29) is 5.82 Å². The van der Waals surface area contributed by atoms with E-state index >= 15 is 0 Å². The molecule has 1 N–H and O–H groups in total. The second kappa shape index (κ2) is 9.20. The van der Waals surface area contributed by atoms with Crippen molar-refractivity contribution in [2.24, 2.45) is 0 Å². The molecule has 5 nitrogen and oxygen atoms in total. The standard InChI is InChI=1S/C25H30FN5/c26-23-10-4-5-11-24(23)31-15-13-30(14-16-31)22-9-6-12-29(19-22)18-21-17-27-28-25(21)20-7-2-1-3-8-20/h1-5,7-8,10-11,17,22H,6,9,12-16,18-19H2,(H,27,28)/t22-/m1/s1. The molecular formula is C25H30FN5. The maximum absolute atomic E-state index is 14.1. The molecule has 0 radical (unpaired) electrons. The highest BCUT2D eigenvalue weighted by Crippen LogP contribution is 2.26. The molecule has 1 atom stereocenters. The third-order valence-electron chi connectivity index (χ3n) is 6.68. The second-order valence-corrected chi connectivity index (χ2v) is 8.64. The Hall–Kier alpha value is -2.70. The van der Waals surface area contributed by atoms with Crippen LogP contribution in [0.1, 0.15) is 18.4 Å². The molecule has 31 heavy (non-hydrogen) atoms. The monoisotopic (exact) mass is 419 g/mol. The SMILES string of the molecule is Fc1ccccc1N1CCN([C@@H]2CCCN(Cc3cn[nH]c3-c3ccccc3)C2)CC1. The number of likely N-dealkylation sites (tertiary alicyclic amines) is 1. The predicted octanol–water partition coefficient (Wildman–Crippen LogP) is 4.00. The molecule has 3 aromatic rings. The number of piperidine rings is 1. The van der Waals surface area contributed by atoms with Gasteiger partial charge in [-0.3, -0.25) is 14.9 Å². The number of hydrogen-bond acceptors (Lipinski definition) is 4. The highest BCUT2D eigenvalue weighted by atomic mass is 19.1. The molecule has 162 valence electrons. The minimum atomic E-state index is -0.117. The van der Waals surface area contributed by atoms with Gasteiger partial charge in [-0.05, 0) is 37.1 Å². The number of nitrogens with zero attached hydrogens (tertiary/aromatic N) is 4. The smallest absolute Gasteiger partial charge is 0.146 e. The zero-order valence-electron chi connectivity index (χ0n) is 17.9. The van der Waals surface area contributed by atoms with Crippen molar-refractivity contribution >= 4 is 5.69 Å². The van der Waals surface area contributed by atoms with Crippen LogP contribution in [0, 0.1) is 5.82 Å². The van der Waals surface area contributed by atoms with Gasteiger partial charge in [-0.1, -0.05) is 42.5 Å². The normalized spacial score (nSPS) is 20.8. The third kappa shape index (κ3) is 4.50. The average Bonchev–Trinajstić information content (AvgIpc) is 3.28. The molecule has 6 heteroatoms. The summed E-state index contributed by atoms with van der Waals surface area (Å²) >= 11 is 0. The van der Waals surface area contributed by atoms with Gasteiger partial charge in [-0.25, -0.2) is 4.39 Å². The van der Waals surface area contributed by atoms with Crippen LogP contribution in [0.4, 0.5) is 10.1 Å². The van der Waals surface area contributed by atoms with Gasteiger partial charge in [0, 0.05) is 50.9 Å². The zero-order chi connectivity index (χ0) is 21.0. The maximum Gasteiger partial charge on any atom is 0.146 e. The van der Waals surface area contributed by atoms with E-state index < -0.39 is 0 Å². The van der Waals surface area contributed by atoms with Crippen molar-refractivity contribution in [1.29, 1.82) is 0 Å². The third-order valence-corrected chi connectivity index (χ3v) is 6.68. The molecule has 0 saturated carbocycles. The largest absolute Gasteiger partial charge is 0.367 e. The number of piperazine rings is 1. The van der Waals surface area contributed by atoms with Crippen LogP contribution >= 0.6 is 0 Å². The molecule has 0 spiro atoms. The van der Waals surface area contributed by atoms with Crippen LogP contribution < -0.4 is 4.90 Å². The Bertz CT molecular complexity index is 980. The summed E-state index contributed by atoms with van der Waals surface area (Å²) in [5, 5.41) is 7.51. The highest BCUT2D eigenvalue weighted by molar-refractivity contribution is 5.62. The van der Waals surface area contributed by atoms with Crippen molar-refractivity contribution in [3.63, 3.8) is 0 Å². The molecule has 2 saturated heterocycles. The summed E-state index contributed by atoms with van der Waals surface area (Å²) in [5.41, 5.74) is 4.31. The number of hydrogen-bond donors (Lipinski definition) is 1. The lowest BCUT2D eigenvalue weighted by Crippen LogP contribution is -2.55. The summed E-state index contributed by atoms with van der Waals surface area (Å²) in [5.74, 6) is -0.117. The van der Waals surface area contributed by atoms with E-state index in [0.29, 0.717) is 6.04 Å². The quantitative estimate of drug-likeness (QED) is 0.678. The number of H-pyrrole nitrogens is 1. The average molecular weight is 420 g/mol. The van der Waals surface area contributed by atoms with Crippen LogP contribution in [0.5, 0.6) is 0 Å². The summed E-state index contributed by atoms with van der Waals surface area (Å²) in [4.78, 5) is 7.36. The Kier molecular flexibility index (Phi) is 6.00. The van der Waals surface area contributed by atoms with E-state index in [1.807, 2.05) is 24.4 Å². The van der Waals surface area contributed by atoms with Crippen molar-refractivity contribution in [1.82, 2.24) is 20.0 Å². The first-order chi connectivity index (χ1) is 15.3. The molecule has 2 aliphatic rings. The lowest BCUT2D eigenvalue weighted by Gasteiger charge is -2.44. The Morgan fingerprint density at radius 1 is 0.935 bits per heavy atom. The first-order valence-electron chi connectivity index (χ1n) is 11.3. The van der Waals surface area contributed by atoms with Gasteiger partial charge in [0.05, 0.1) is 17.6 Å². The van der Waals surface area contributed by atoms with Gasteiger partial charge >= 0.3 is 0 Å². The van der Waals surface area contributed by atoms with E-state index in [1.54, 1.807) is 12.1 Å². The number of aromatic nitrogens is 2. The van der Waals surface area contributed by atoms with Crippen LogP contribution in [-0.4, -0.2) is 65.3 Å². The molecule has 5 rings (SSSR count). The second-order valence-electron chi connectivity index (χ2n) is 8.64. The van der Waals surface area contributed by atoms with Crippen molar-refractivity contribution < 1.29 is 4.39 Å². The number of aromatic amines is 1. The number of anilines is 1. The van der Waals surface area contributed by atoms with Crippen molar-refractivity contribution in [2.45, 2.75) is 25.4 Å². The first-order valence-corrected chi connectivity index (χ1v) is 11.3. The van der Waals surface area contributed by atoms with Crippen LogP contribution in [0.15, 0.2) is 60.8 Å². The topological polar surface area (TPSA) is 38.4 Å².